The van der Waals surface area contributed by atoms with E-state index in [9.17, 15) is 34.8 Å². The molecule has 0 amide bonds. The van der Waals surface area contributed by atoms with Crippen molar-refractivity contribution in [3.05, 3.63) is 36.0 Å². The van der Waals surface area contributed by atoms with Crippen LogP contribution in [0.1, 0.15) is 105 Å². The number of fused-ring (bicyclic) bond motifs is 3. The number of esters is 1. The third kappa shape index (κ3) is 11.5. The van der Waals surface area contributed by atoms with Gasteiger partial charge in [0.05, 0.1) is 30.5 Å². The molecule has 15 atom stereocenters. The molecule has 2 saturated heterocycles. The molecule has 324 valence electrons. The lowest BCUT2D eigenvalue weighted by Crippen LogP contribution is -2.65. The highest BCUT2D eigenvalue weighted by atomic mass is 16.7. The summed E-state index contributed by atoms with van der Waals surface area (Å²) in [5.74, 6) is -6.22. The summed E-state index contributed by atoms with van der Waals surface area (Å²) in [6.07, 6.45) is 3.53. The first-order valence-electron chi connectivity index (χ1n) is 21.0. The Balaban J connectivity index is 1.77. The Hall–Kier alpha value is -2.33. The number of carbonyl (C=O) groups excluding carboxylic acids is 3. The average Bonchev–Trinajstić information content (AvgIpc) is 3.18. The standard InChI is InChI=1S/C44H71NO12/c1-10-13-31-19-25(2)18-26(3)20-37(54-8)40-38(55-9)22-28(5)44(52,57-40)41(49)42(50)45-17-12-11-14-32(45)43(51)56-39(29(6)34(47)24-35(31)48)27(4)21-30-15-16-33(46)36(23-30)53-7/h10,19,21,26,28-34,36-40,42,46-47,50,52H,1,11-18,20,22-24H2,2-9H3/b25-19+,27-21+/t26-,28+,29+,30-,31+,32-,33+,34-,36+,37-,38-,39+,40+,42?,44+/m0/s1. The third-order valence-corrected chi connectivity index (χ3v) is 13.0. The van der Waals surface area contributed by atoms with Crippen LogP contribution in [-0.2, 0) is 38.1 Å². The van der Waals surface area contributed by atoms with Crippen LogP contribution in [0.4, 0.5) is 0 Å². The van der Waals surface area contributed by atoms with Crippen molar-refractivity contribution in [2.75, 3.05) is 27.9 Å². The molecule has 4 rings (SSSR count). The topological polar surface area (TPSA) is 182 Å². The number of hydrogen-bond acceptors (Lipinski definition) is 13. The third-order valence-electron chi connectivity index (χ3n) is 13.0. The average molecular weight is 806 g/mol. The van der Waals surface area contributed by atoms with Gasteiger partial charge in [0, 0.05) is 52.0 Å². The molecular formula is C44H71NO12. The van der Waals surface area contributed by atoms with Gasteiger partial charge in [0.15, 0.2) is 6.23 Å². The Morgan fingerprint density at radius 2 is 1.60 bits per heavy atom. The summed E-state index contributed by atoms with van der Waals surface area (Å²) in [5.41, 5.74) is 1.64. The van der Waals surface area contributed by atoms with Gasteiger partial charge in [-0.25, -0.2) is 0 Å². The van der Waals surface area contributed by atoms with E-state index in [-0.39, 0.29) is 49.5 Å². The molecule has 1 unspecified atom stereocenters. The molecule has 1 saturated carbocycles. The molecule has 0 aromatic heterocycles. The molecule has 2 bridgehead atoms. The second kappa shape index (κ2) is 21.3. The summed E-state index contributed by atoms with van der Waals surface area (Å²) in [6, 6.07) is -1.04. The van der Waals surface area contributed by atoms with Crippen molar-refractivity contribution < 1.29 is 58.5 Å². The van der Waals surface area contributed by atoms with Crippen molar-refractivity contribution in [1.29, 1.82) is 0 Å². The first kappa shape index (κ1) is 47.3. The van der Waals surface area contributed by atoms with Crippen LogP contribution in [0.3, 0.4) is 0 Å². The van der Waals surface area contributed by atoms with E-state index in [4.69, 9.17) is 23.7 Å². The zero-order valence-electron chi connectivity index (χ0n) is 35.5. The monoisotopic (exact) mass is 805 g/mol. The number of aliphatic hydroxyl groups is 4. The summed E-state index contributed by atoms with van der Waals surface area (Å²) in [5, 5.41) is 46.0. The van der Waals surface area contributed by atoms with Crippen LogP contribution in [-0.4, -0.2) is 132 Å². The van der Waals surface area contributed by atoms with Crippen LogP contribution >= 0.6 is 0 Å². The lowest BCUT2D eigenvalue weighted by molar-refractivity contribution is -0.308. The van der Waals surface area contributed by atoms with Crippen LogP contribution in [0.25, 0.3) is 0 Å². The van der Waals surface area contributed by atoms with E-state index in [2.05, 4.69) is 13.5 Å². The van der Waals surface area contributed by atoms with Crippen molar-refractivity contribution in [3.8, 4) is 0 Å². The minimum absolute atomic E-state index is 0.00345. The predicted molar refractivity (Wildman–Crippen MR) is 214 cm³/mol. The number of ether oxygens (including phenoxy) is 5. The molecule has 0 spiro atoms. The summed E-state index contributed by atoms with van der Waals surface area (Å²) in [7, 11) is 4.65. The molecule has 3 fully saturated rings. The zero-order chi connectivity index (χ0) is 42.2. The number of Topliss-reactive ketones (excluding diaryl/α,β-unsaturated/α-hetero) is 2. The molecule has 13 nitrogen and oxygen atoms in total. The Kier molecular flexibility index (Phi) is 17.7. The number of carbonyl (C=O) groups is 3. The van der Waals surface area contributed by atoms with Gasteiger partial charge < -0.3 is 44.1 Å². The van der Waals surface area contributed by atoms with Gasteiger partial charge in [-0.05, 0) is 89.0 Å². The van der Waals surface area contributed by atoms with Gasteiger partial charge in [0.1, 0.15) is 24.0 Å². The Bertz CT molecular complexity index is 1430. The van der Waals surface area contributed by atoms with Gasteiger partial charge in [-0.1, -0.05) is 51.0 Å². The minimum atomic E-state index is -2.41. The molecular weight excluding hydrogens is 734 g/mol. The Morgan fingerprint density at radius 1 is 0.930 bits per heavy atom. The molecule has 0 radical (unpaired) electrons. The molecule has 13 heteroatoms. The Morgan fingerprint density at radius 3 is 2.25 bits per heavy atom. The normalized spacial score (nSPS) is 42.6. The summed E-state index contributed by atoms with van der Waals surface area (Å²) in [4.78, 5) is 43.9. The number of rotatable bonds is 7. The number of hydrogen-bond donors (Lipinski definition) is 4. The summed E-state index contributed by atoms with van der Waals surface area (Å²) < 4.78 is 29.9. The SMILES string of the molecule is C=CC[C@@H]1/C=C(\C)C[C@H](C)C[C@H](OC)[C@H]2O[C@@](O)(C(=O)C(O)N3CCCC[C@H]3C(=O)O[C@H](/C(C)=C/[C@@H]3CC[C@@H](O)[C@H](OC)C3)[C@H](C)[C@@H](O)CC1=O)[C@H](C)C[C@@H]2OC. The van der Waals surface area contributed by atoms with E-state index in [0.717, 1.165) is 5.57 Å². The predicted octanol–water partition coefficient (Wildman–Crippen LogP) is 4.43. The second-order valence-electron chi connectivity index (χ2n) is 17.4. The number of piperidine rings is 1. The zero-order valence-corrected chi connectivity index (χ0v) is 35.5. The molecule has 4 N–H and O–H groups in total. The summed E-state index contributed by atoms with van der Waals surface area (Å²) >= 11 is 0. The maximum atomic E-state index is 14.3. The lowest BCUT2D eigenvalue weighted by atomic mass is 9.81. The van der Waals surface area contributed by atoms with E-state index in [1.165, 1.54) is 4.90 Å². The van der Waals surface area contributed by atoms with Gasteiger partial charge >= 0.3 is 5.97 Å². The minimum Gasteiger partial charge on any atom is -0.456 e. The van der Waals surface area contributed by atoms with Crippen molar-refractivity contribution in [2.45, 2.75) is 166 Å². The van der Waals surface area contributed by atoms with Gasteiger partial charge in [0.25, 0.3) is 0 Å². The highest BCUT2D eigenvalue weighted by Crippen LogP contribution is 2.40. The van der Waals surface area contributed by atoms with E-state index in [1.54, 1.807) is 41.3 Å². The number of methoxy groups -OCH3 is 3. The van der Waals surface area contributed by atoms with E-state index >= 15 is 0 Å². The number of nitrogens with zero attached hydrogens (tertiary/aromatic N) is 1. The molecule has 57 heavy (non-hydrogen) atoms. The quantitative estimate of drug-likeness (QED) is 0.210. The Labute approximate surface area is 339 Å². The maximum absolute atomic E-state index is 14.3. The maximum Gasteiger partial charge on any atom is 0.324 e. The molecule has 0 aromatic carbocycles. The van der Waals surface area contributed by atoms with Crippen LogP contribution in [0.2, 0.25) is 0 Å². The molecule has 3 heterocycles. The van der Waals surface area contributed by atoms with Gasteiger partial charge in [-0.15, -0.1) is 6.58 Å². The second-order valence-corrected chi connectivity index (χ2v) is 17.4. The van der Waals surface area contributed by atoms with Gasteiger partial charge in [-0.3, -0.25) is 19.3 Å². The largest absolute Gasteiger partial charge is 0.456 e. The smallest absolute Gasteiger partial charge is 0.324 e. The first-order chi connectivity index (χ1) is 27.0. The number of ketones is 2. The lowest BCUT2D eigenvalue weighted by Gasteiger charge is -2.48. The fourth-order valence-electron chi connectivity index (χ4n) is 9.58. The number of aliphatic hydroxyl groups excluding tert-OH is 3. The molecule has 1 aliphatic carbocycles. The van der Waals surface area contributed by atoms with Crippen molar-refractivity contribution >= 4 is 17.5 Å². The molecule has 0 aromatic rings. The highest BCUT2D eigenvalue weighted by Gasteiger charge is 2.56. The molecule has 3 aliphatic heterocycles. The van der Waals surface area contributed by atoms with Crippen LogP contribution < -0.4 is 0 Å². The van der Waals surface area contributed by atoms with Crippen LogP contribution in [0.15, 0.2) is 36.0 Å². The van der Waals surface area contributed by atoms with Crippen molar-refractivity contribution in [2.24, 2.45) is 29.6 Å². The van der Waals surface area contributed by atoms with E-state index < -0.39 is 84.2 Å². The highest BCUT2D eigenvalue weighted by molar-refractivity contribution is 5.90. The van der Waals surface area contributed by atoms with Gasteiger partial charge in [0.2, 0.25) is 11.6 Å². The van der Waals surface area contributed by atoms with E-state index in [1.807, 2.05) is 26.0 Å². The summed E-state index contributed by atoms with van der Waals surface area (Å²) in [6.45, 7) is 13.3. The first-order valence-corrected chi connectivity index (χ1v) is 21.0. The number of cyclic esters (lactones) is 1. The van der Waals surface area contributed by atoms with Crippen LogP contribution in [0.5, 0.6) is 0 Å². The van der Waals surface area contributed by atoms with Gasteiger partial charge in [-0.2, -0.15) is 0 Å². The van der Waals surface area contributed by atoms with E-state index in [0.29, 0.717) is 56.9 Å². The van der Waals surface area contributed by atoms with Crippen molar-refractivity contribution in [1.82, 2.24) is 4.90 Å². The van der Waals surface area contributed by atoms with Crippen molar-refractivity contribution in [3.63, 3.8) is 0 Å². The molecule has 4 aliphatic rings. The van der Waals surface area contributed by atoms with Crippen LogP contribution in [0, 0.1) is 29.6 Å². The number of allylic oxidation sites excluding steroid dienone is 4. The fraction of sp³-hybridized carbons (Fsp3) is 0.795. The fourth-order valence-corrected chi connectivity index (χ4v) is 9.58.